The highest BCUT2D eigenvalue weighted by Gasteiger charge is 2.19. The number of anilines is 1. The van der Waals surface area contributed by atoms with Crippen molar-refractivity contribution in [3.05, 3.63) is 34.1 Å². The first-order valence-corrected chi connectivity index (χ1v) is 13.4. The van der Waals surface area contributed by atoms with Gasteiger partial charge in [-0.1, -0.05) is 53.4 Å². The van der Waals surface area contributed by atoms with E-state index in [0.717, 1.165) is 0 Å². The van der Waals surface area contributed by atoms with Crippen LogP contribution in [0.3, 0.4) is 0 Å². The molecule has 0 bridgehead atoms. The molecule has 0 aliphatic carbocycles. The summed E-state index contributed by atoms with van der Waals surface area (Å²) in [4.78, 5) is 5.34. The van der Waals surface area contributed by atoms with Gasteiger partial charge in [-0.15, -0.1) is 11.3 Å². The Labute approximate surface area is 187 Å². The molecule has 2 nitrogen and oxygen atoms in total. The van der Waals surface area contributed by atoms with Crippen LogP contribution in [0.1, 0.15) is 83.9 Å². The molecule has 2 rings (SSSR count). The largest absolute Gasteiger partial charge is 0.363 e. The number of hydrogen-bond acceptors (Lipinski definition) is 3. The van der Waals surface area contributed by atoms with E-state index in [2.05, 4.69) is 67.5 Å². The smallest absolute Gasteiger partial charge is 0.239 e. The summed E-state index contributed by atoms with van der Waals surface area (Å²) < 4.78 is 2.59. The number of thioether (sulfide) groups is 1. The first-order valence-electron chi connectivity index (χ1n) is 11.8. The van der Waals surface area contributed by atoms with Gasteiger partial charge in [0.05, 0.1) is 5.00 Å². The molecule has 0 atom stereocenters. The molecule has 1 aliphatic rings. The molecule has 1 aromatic rings. The maximum Gasteiger partial charge on any atom is 0.239 e. The van der Waals surface area contributed by atoms with E-state index in [1.54, 1.807) is 0 Å². The lowest BCUT2D eigenvalue weighted by Crippen LogP contribution is -2.24. The third-order valence-electron chi connectivity index (χ3n) is 5.26. The van der Waals surface area contributed by atoms with Crippen molar-refractivity contribution in [3.63, 3.8) is 0 Å². The molecule has 0 saturated heterocycles. The maximum atomic E-state index is 2.59. The minimum absolute atomic E-state index is 1.18. The molecular weight excluding hydrogens is 392 g/mol. The number of hydrogen-bond donors (Lipinski definition) is 0. The molecular formula is C25H41N2S2+. The number of allylic oxidation sites excluding steroid dienone is 1. The summed E-state index contributed by atoms with van der Waals surface area (Å²) in [5.41, 5.74) is 0. The zero-order chi connectivity index (χ0) is 20.9. The van der Waals surface area contributed by atoms with Crippen molar-refractivity contribution >= 4 is 39.2 Å². The van der Waals surface area contributed by atoms with Gasteiger partial charge in [0.2, 0.25) is 5.04 Å². The summed E-state index contributed by atoms with van der Waals surface area (Å²) in [6.45, 7) is 13.9. The second-order valence-electron chi connectivity index (χ2n) is 7.88. The zero-order valence-corrected chi connectivity index (χ0v) is 20.7. The predicted octanol–water partition coefficient (Wildman–Crippen LogP) is 7.81. The Morgan fingerprint density at radius 1 is 0.828 bits per heavy atom. The van der Waals surface area contributed by atoms with Crippen molar-refractivity contribution in [2.75, 3.05) is 31.1 Å². The van der Waals surface area contributed by atoms with E-state index in [9.17, 15) is 0 Å². The Morgan fingerprint density at radius 2 is 1.45 bits per heavy atom. The highest BCUT2D eigenvalue weighted by Crippen LogP contribution is 2.33. The zero-order valence-electron chi connectivity index (χ0n) is 19.1. The van der Waals surface area contributed by atoms with E-state index in [4.69, 9.17) is 0 Å². The SMILES string of the molecule is CCCCN(CCCC)c1ccc(/C=C2\C=CC(=[N+](CCCC)CCCC)S2)s1. The molecule has 0 radical (unpaired) electrons. The van der Waals surface area contributed by atoms with Gasteiger partial charge in [-0.05, 0) is 48.9 Å². The van der Waals surface area contributed by atoms with Gasteiger partial charge in [-0.2, -0.15) is 0 Å². The molecule has 0 N–H and O–H groups in total. The van der Waals surface area contributed by atoms with Gasteiger partial charge >= 0.3 is 0 Å². The van der Waals surface area contributed by atoms with E-state index in [0.29, 0.717) is 0 Å². The van der Waals surface area contributed by atoms with E-state index in [-0.39, 0.29) is 0 Å². The minimum atomic E-state index is 1.18. The van der Waals surface area contributed by atoms with E-state index >= 15 is 0 Å². The number of thiophene rings is 1. The fourth-order valence-corrected chi connectivity index (χ4v) is 5.48. The van der Waals surface area contributed by atoms with Crippen molar-refractivity contribution in [3.8, 4) is 0 Å². The van der Waals surface area contributed by atoms with Crippen LogP contribution >= 0.6 is 23.1 Å². The Morgan fingerprint density at radius 3 is 2.03 bits per heavy atom. The Hall–Kier alpha value is -1.00. The van der Waals surface area contributed by atoms with Gasteiger partial charge in [-0.3, -0.25) is 0 Å². The summed E-state index contributed by atoms with van der Waals surface area (Å²) in [5.74, 6) is 0. The Bertz CT molecular complexity index is 667. The third kappa shape index (κ3) is 8.33. The fourth-order valence-electron chi connectivity index (χ4n) is 3.38. The monoisotopic (exact) mass is 433 g/mol. The van der Waals surface area contributed by atoms with Crippen LogP contribution in [0.4, 0.5) is 5.00 Å². The molecule has 0 aromatic carbocycles. The van der Waals surface area contributed by atoms with Gasteiger partial charge in [0.1, 0.15) is 13.1 Å². The number of rotatable bonds is 14. The van der Waals surface area contributed by atoms with Gasteiger partial charge < -0.3 is 4.90 Å². The maximum absolute atomic E-state index is 2.59. The first kappa shape index (κ1) is 24.3. The van der Waals surface area contributed by atoms with Crippen LogP contribution in [0.5, 0.6) is 0 Å². The average Bonchev–Trinajstić information content (AvgIpc) is 3.38. The molecule has 162 valence electrons. The average molecular weight is 434 g/mol. The number of unbranched alkanes of at least 4 members (excludes halogenated alkanes) is 4. The molecule has 0 saturated carbocycles. The highest BCUT2D eigenvalue weighted by molar-refractivity contribution is 8.18. The molecule has 1 aliphatic heterocycles. The molecule has 4 heteroatoms. The summed E-state index contributed by atoms with van der Waals surface area (Å²) in [7, 11) is 0. The van der Waals surface area contributed by atoms with Gasteiger partial charge in [0.25, 0.3) is 0 Å². The van der Waals surface area contributed by atoms with Crippen LogP contribution in [0.2, 0.25) is 0 Å². The van der Waals surface area contributed by atoms with Gasteiger partial charge in [0, 0.05) is 41.8 Å². The van der Waals surface area contributed by atoms with Crippen LogP contribution < -0.4 is 4.90 Å². The predicted molar refractivity (Wildman–Crippen MR) is 136 cm³/mol. The molecule has 2 heterocycles. The van der Waals surface area contributed by atoms with Crippen molar-refractivity contribution in [1.29, 1.82) is 0 Å². The van der Waals surface area contributed by atoms with Crippen molar-refractivity contribution in [2.24, 2.45) is 0 Å². The van der Waals surface area contributed by atoms with Crippen LogP contribution in [-0.4, -0.2) is 35.8 Å². The number of nitrogens with zero attached hydrogens (tertiary/aromatic N) is 2. The van der Waals surface area contributed by atoms with Crippen LogP contribution in [0.15, 0.2) is 29.2 Å². The van der Waals surface area contributed by atoms with Gasteiger partial charge in [0.15, 0.2) is 0 Å². The second-order valence-corrected chi connectivity index (χ2v) is 10.1. The third-order valence-corrected chi connectivity index (χ3v) is 7.45. The summed E-state index contributed by atoms with van der Waals surface area (Å²) in [6, 6.07) is 4.63. The second kappa shape index (κ2) is 14.1. The Kier molecular flexibility index (Phi) is 11.8. The summed E-state index contributed by atoms with van der Waals surface area (Å²) >= 11 is 3.89. The molecule has 0 amide bonds. The minimum Gasteiger partial charge on any atom is -0.363 e. The molecule has 0 fully saturated rings. The van der Waals surface area contributed by atoms with Crippen molar-refractivity contribution < 1.29 is 4.58 Å². The summed E-state index contributed by atoms with van der Waals surface area (Å²) in [6.07, 6.45) is 17.2. The highest BCUT2D eigenvalue weighted by atomic mass is 32.2. The lowest BCUT2D eigenvalue weighted by Gasteiger charge is -2.22. The van der Waals surface area contributed by atoms with Crippen molar-refractivity contribution in [2.45, 2.75) is 79.1 Å². The quantitative estimate of drug-likeness (QED) is 0.276. The molecule has 29 heavy (non-hydrogen) atoms. The summed E-state index contributed by atoms with van der Waals surface area (Å²) in [5, 5.41) is 2.87. The normalized spacial score (nSPS) is 14.9. The topological polar surface area (TPSA) is 6.25 Å². The van der Waals surface area contributed by atoms with Crippen molar-refractivity contribution in [1.82, 2.24) is 0 Å². The Balaban J connectivity index is 2.07. The van der Waals surface area contributed by atoms with Gasteiger partial charge in [-0.25, -0.2) is 4.58 Å². The molecule has 1 aromatic heterocycles. The van der Waals surface area contributed by atoms with Crippen LogP contribution in [0.25, 0.3) is 6.08 Å². The van der Waals surface area contributed by atoms with Crippen LogP contribution in [0, 0.1) is 0 Å². The van der Waals surface area contributed by atoms with Crippen LogP contribution in [-0.2, 0) is 0 Å². The molecule has 0 unspecified atom stereocenters. The van der Waals surface area contributed by atoms with E-state index in [1.165, 1.54) is 97.4 Å². The first-order chi connectivity index (χ1) is 14.2. The fraction of sp³-hybridized carbons (Fsp3) is 0.640. The molecule has 0 spiro atoms. The van der Waals surface area contributed by atoms with E-state index < -0.39 is 0 Å². The lowest BCUT2D eigenvalue weighted by atomic mass is 10.2. The lowest BCUT2D eigenvalue weighted by molar-refractivity contribution is -0.525. The van der Waals surface area contributed by atoms with E-state index in [1.807, 2.05) is 23.1 Å². The standard InChI is InChI=1S/C25H41N2S2/c1-5-9-17-26(18-10-6-2)24-15-13-22(28-24)21-23-14-16-25(29-23)27(19-11-7-3)20-12-8-4/h13-16,21H,5-12,17-20H2,1-4H3/q+1.